The van der Waals surface area contributed by atoms with Crippen molar-refractivity contribution in [2.24, 2.45) is 0 Å². The molecule has 2 aromatic rings. The Bertz CT molecular complexity index is 422. The minimum atomic E-state index is 0.913. The fraction of sp³-hybridized carbons (Fsp3) is 0.300. The minimum Gasteiger partial charge on any atom is -0.356 e. The highest BCUT2D eigenvalue weighted by Crippen LogP contribution is 2.21. The van der Waals surface area contributed by atoms with Crippen LogP contribution in [0.5, 0.6) is 0 Å². The van der Waals surface area contributed by atoms with Crippen LogP contribution in [0.25, 0.3) is 11.0 Å². The summed E-state index contributed by atoms with van der Waals surface area (Å²) < 4.78 is 5.26. The maximum Gasteiger partial charge on any atom is 0.170 e. The van der Waals surface area contributed by atoms with E-state index >= 15 is 0 Å². The zero-order valence-electron chi connectivity index (χ0n) is 7.38. The number of halogens is 1. The summed E-state index contributed by atoms with van der Waals surface area (Å²) in [4.78, 5) is 0. The van der Waals surface area contributed by atoms with Crippen molar-refractivity contribution >= 4 is 26.9 Å². The summed E-state index contributed by atoms with van der Waals surface area (Å²) in [5.41, 5.74) is 3.10. The van der Waals surface area contributed by atoms with Crippen molar-refractivity contribution in [3.05, 3.63) is 29.5 Å². The number of benzene rings is 1. The number of fused-ring (bicyclic) bond motifs is 1. The van der Waals surface area contributed by atoms with Crippen LogP contribution in [0.1, 0.15) is 11.3 Å². The van der Waals surface area contributed by atoms with Gasteiger partial charge in [0.05, 0.1) is 5.69 Å². The largest absolute Gasteiger partial charge is 0.356 e. The van der Waals surface area contributed by atoms with Gasteiger partial charge in [-0.15, -0.1) is 0 Å². The Morgan fingerprint density at radius 2 is 2.31 bits per heavy atom. The molecule has 0 aliphatic carbocycles. The molecule has 0 saturated carbocycles. The number of alkyl halides is 1. The van der Waals surface area contributed by atoms with E-state index < -0.39 is 0 Å². The molecule has 2 rings (SSSR count). The first-order valence-electron chi connectivity index (χ1n) is 4.23. The molecule has 0 saturated heterocycles. The van der Waals surface area contributed by atoms with Gasteiger partial charge < -0.3 is 4.52 Å². The Kier molecular flexibility index (Phi) is 2.36. The van der Waals surface area contributed by atoms with Crippen LogP contribution in [0.3, 0.4) is 0 Å². The van der Waals surface area contributed by atoms with Gasteiger partial charge in [0.25, 0.3) is 0 Å². The van der Waals surface area contributed by atoms with Crippen molar-refractivity contribution in [3.8, 4) is 0 Å². The average Bonchev–Trinajstić information content (AvgIpc) is 2.51. The standard InChI is InChI=1S/C10H10BrNO/c1-7-3-2-4-8-9(5-6-11)12-13-10(7)8/h2-4H,5-6H2,1H3. The number of para-hydroxylation sites is 1. The van der Waals surface area contributed by atoms with Gasteiger partial charge in [0.2, 0.25) is 0 Å². The molecular formula is C10H10BrNO. The lowest BCUT2D eigenvalue weighted by Crippen LogP contribution is -1.85. The highest BCUT2D eigenvalue weighted by molar-refractivity contribution is 9.09. The van der Waals surface area contributed by atoms with Gasteiger partial charge in [-0.3, -0.25) is 0 Å². The van der Waals surface area contributed by atoms with E-state index in [2.05, 4.69) is 27.2 Å². The molecule has 0 radical (unpaired) electrons. The molecule has 0 spiro atoms. The number of rotatable bonds is 2. The summed E-state index contributed by atoms with van der Waals surface area (Å²) in [6, 6.07) is 6.12. The van der Waals surface area contributed by atoms with Crippen molar-refractivity contribution in [1.82, 2.24) is 5.16 Å². The van der Waals surface area contributed by atoms with Gasteiger partial charge in [0.1, 0.15) is 0 Å². The molecule has 13 heavy (non-hydrogen) atoms. The molecule has 0 N–H and O–H groups in total. The zero-order valence-corrected chi connectivity index (χ0v) is 8.97. The van der Waals surface area contributed by atoms with Gasteiger partial charge in [0.15, 0.2) is 5.58 Å². The Balaban J connectivity index is 2.61. The summed E-state index contributed by atoms with van der Waals surface area (Å²) >= 11 is 3.39. The van der Waals surface area contributed by atoms with E-state index in [0.29, 0.717) is 0 Å². The number of aromatic nitrogens is 1. The maximum absolute atomic E-state index is 5.26. The van der Waals surface area contributed by atoms with E-state index in [0.717, 1.165) is 34.0 Å². The second-order valence-electron chi connectivity index (χ2n) is 3.02. The van der Waals surface area contributed by atoms with E-state index in [4.69, 9.17) is 4.52 Å². The normalized spacial score (nSPS) is 10.9. The second-order valence-corrected chi connectivity index (χ2v) is 3.81. The molecule has 0 aliphatic heterocycles. The van der Waals surface area contributed by atoms with Crippen LogP contribution in [0.15, 0.2) is 22.7 Å². The van der Waals surface area contributed by atoms with Crippen molar-refractivity contribution in [1.29, 1.82) is 0 Å². The lowest BCUT2D eigenvalue weighted by molar-refractivity contribution is 0.446. The van der Waals surface area contributed by atoms with Gasteiger partial charge in [-0.25, -0.2) is 0 Å². The zero-order chi connectivity index (χ0) is 9.26. The molecule has 0 aliphatic rings. The molecular weight excluding hydrogens is 230 g/mol. The minimum absolute atomic E-state index is 0.913. The molecule has 0 bridgehead atoms. The summed E-state index contributed by atoms with van der Waals surface area (Å²) in [5, 5.41) is 6.10. The van der Waals surface area contributed by atoms with E-state index in [9.17, 15) is 0 Å². The van der Waals surface area contributed by atoms with Crippen molar-refractivity contribution in [2.75, 3.05) is 5.33 Å². The fourth-order valence-electron chi connectivity index (χ4n) is 1.42. The third-order valence-electron chi connectivity index (χ3n) is 2.10. The van der Waals surface area contributed by atoms with Gasteiger partial charge in [-0.2, -0.15) is 0 Å². The predicted molar refractivity (Wildman–Crippen MR) is 56.2 cm³/mol. The van der Waals surface area contributed by atoms with Crippen LogP contribution < -0.4 is 0 Å². The van der Waals surface area contributed by atoms with Crippen molar-refractivity contribution < 1.29 is 4.52 Å². The summed E-state index contributed by atoms with van der Waals surface area (Å²) in [6.45, 7) is 2.03. The molecule has 68 valence electrons. The quantitative estimate of drug-likeness (QED) is 0.754. The lowest BCUT2D eigenvalue weighted by atomic mass is 10.1. The van der Waals surface area contributed by atoms with E-state index in [-0.39, 0.29) is 0 Å². The first-order valence-corrected chi connectivity index (χ1v) is 5.35. The Morgan fingerprint density at radius 3 is 3.08 bits per heavy atom. The summed E-state index contributed by atoms with van der Waals surface area (Å²) in [5.74, 6) is 0. The lowest BCUT2D eigenvalue weighted by Gasteiger charge is -1.92. The Labute approximate surface area is 85.0 Å². The predicted octanol–water partition coefficient (Wildman–Crippen LogP) is 3.07. The van der Waals surface area contributed by atoms with Crippen molar-refractivity contribution in [2.45, 2.75) is 13.3 Å². The monoisotopic (exact) mass is 239 g/mol. The van der Waals surface area contributed by atoms with Gasteiger partial charge in [-0.1, -0.05) is 33.2 Å². The molecule has 3 heteroatoms. The number of nitrogens with zero attached hydrogens (tertiary/aromatic N) is 1. The van der Waals surface area contributed by atoms with Crippen LogP contribution in [0.4, 0.5) is 0 Å². The molecule has 0 unspecified atom stereocenters. The van der Waals surface area contributed by atoms with Gasteiger partial charge in [0, 0.05) is 17.1 Å². The molecule has 0 atom stereocenters. The fourth-order valence-corrected chi connectivity index (χ4v) is 1.80. The Hall–Kier alpha value is -0.830. The number of hydrogen-bond acceptors (Lipinski definition) is 2. The molecule has 1 heterocycles. The van der Waals surface area contributed by atoms with Gasteiger partial charge in [-0.05, 0) is 18.6 Å². The van der Waals surface area contributed by atoms with Gasteiger partial charge >= 0.3 is 0 Å². The maximum atomic E-state index is 5.26. The van der Waals surface area contributed by atoms with E-state index in [1.165, 1.54) is 0 Å². The number of hydrogen-bond donors (Lipinski definition) is 0. The first kappa shape index (κ1) is 8.75. The summed E-state index contributed by atoms with van der Waals surface area (Å²) in [6.07, 6.45) is 0.913. The molecule has 1 aromatic heterocycles. The average molecular weight is 240 g/mol. The number of aryl methyl sites for hydroxylation is 2. The van der Waals surface area contributed by atoms with Crippen LogP contribution in [0.2, 0.25) is 0 Å². The highest BCUT2D eigenvalue weighted by atomic mass is 79.9. The third-order valence-corrected chi connectivity index (χ3v) is 2.50. The van der Waals surface area contributed by atoms with Crippen LogP contribution in [-0.4, -0.2) is 10.5 Å². The van der Waals surface area contributed by atoms with E-state index in [1.54, 1.807) is 0 Å². The van der Waals surface area contributed by atoms with E-state index in [1.807, 2.05) is 19.1 Å². The SMILES string of the molecule is Cc1cccc2c(CCBr)noc12. The molecule has 0 amide bonds. The van der Waals surface area contributed by atoms with Crippen LogP contribution in [-0.2, 0) is 6.42 Å². The molecule has 2 nitrogen and oxygen atoms in total. The topological polar surface area (TPSA) is 26.0 Å². The van der Waals surface area contributed by atoms with Crippen molar-refractivity contribution in [3.63, 3.8) is 0 Å². The molecule has 1 aromatic carbocycles. The first-order chi connectivity index (χ1) is 6.33. The smallest absolute Gasteiger partial charge is 0.170 e. The molecule has 0 fully saturated rings. The highest BCUT2D eigenvalue weighted by Gasteiger charge is 2.08. The summed E-state index contributed by atoms with van der Waals surface area (Å²) in [7, 11) is 0. The third kappa shape index (κ3) is 1.48. The second kappa shape index (κ2) is 3.50. The van der Waals surface area contributed by atoms with Crippen LogP contribution in [0, 0.1) is 6.92 Å². The van der Waals surface area contributed by atoms with Crippen LogP contribution >= 0.6 is 15.9 Å². The Morgan fingerprint density at radius 1 is 1.46 bits per heavy atom.